The topological polar surface area (TPSA) is 106 Å². The molecular formula is C22H35N5O4. The number of ether oxygens (including phenoxy) is 1. The van der Waals surface area contributed by atoms with Crippen molar-refractivity contribution in [1.29, 1.82) is 0 Å². The first-order valence-electron chi connectivity index (χ1n) is 11.4. The van der Waals surface area contributed by atoms with Crippen molar-refractivity contribution in [3.63, 3.8) is 0 Å². The minimum atomic E-state index is -1.05. The van der Waals surface area contributed by atoms with Crippen LogP contribution in [-0.2, 0) is 16.1 Å². The van der Waals surface area contributed by atoms with Gasteiger partial charge in [0, 0.05) is 31.8 Å². The molecule has 2 heterocycles. The number of rotatable bonds is 9. The van der Waals surface area contributed by atoms with E-state index in [4.69, 9.17) is 4.74 Å². The van der Waals surface area contributed by atoms with Crippen LogP contribution in [0.2, 0.25) is 0 Å². The summed E-state index contributed by atoms with van der Waals surface area (Å²) < 4.78 is 6.97. The maximum atomic E-state index is 13.2. The number of carbonyl (C=O) groups excluding carboxylic acids is 3. The van der Waals surface area contributed by atoms with Crippen LogP contribution in [0.3, 0.4) is 0 Å². The summed E-state index contributed by atoms with van der Waals surface area (Å²) in [7, 11) is 0. The molecule has 9 nitrogen and oxygen atoms in total. The lowest BCUT2D eigenvalue weighted by Gasteiger charge is -2.43. The Balaban J connectivity index is 1.69. The molecule has 9 heteroatoms. The molecule has 2 aliphatic rings. The summed E-state index contributed by atoms with van der Waals surface area (Å²) >= 11 is 0. The quantitative estimate of drug-likeness (QED) is 0.577. The predicted molar refractivity (Wildman–Crippen MR) is 116 cm³/mol. The Kier molecular flexibility index (Phi) is 7.35. The number of nitrogens with one attached hydrogen (secondary N) is 2. The van der Waals surface area contributed by atoms with Gasteiger partial charge in [0.05, 0.1) is 12.6 Å². The summed E-state index contributed by atoms with van der Waals surface area (Å²) in [4.78, 5) is 40.4. The molecule has 0 aromatic carbocycles. The van der Waals surface area contributed by atoms with E-state index < -0.39 is 5.54 Å². The minimum Gasteiger partial charge on any atom is -0.379 e. The number of hydrogen-bond acceptors (Lipinski definition) is 5. The SMILES string of the molecule is CCN1C(=O)c2cc(C(=O)NCCCOC(C)C)nn2C[C@]1(C)C(=O)NC1CCCC1. The van der Waals surface area contributed by atoms with Crippen LogP contribution in [0, 0.1) is 0 Å². The molecule has 1 saturated carbocycles. The monoisotopic (exact) mass is 433 g/mol. The summed E-state index contributed by atoms with van der Waals surface area (Å²) in [6.07, 6.45) is 5.03. The van der Waals surface area contributed by atoms with E-state index in [1.807, 2.05) is 20.8 Å². The Bertz CT molecular complexity index is 815. The van der Waals surface area contributed by atoms with E-state index >= 15 is 0 Å². The number of aromatic nitrogens is 2. The summed E-state index contributed by atoms with van der Waals surface area (Å²) in [5, 5.41) is 10.3. The molecule has 172 valence electrons. The summed E-state index contributed by atoms with van der Waals surface area (Å²) in [6, 6.07) is 1.68. The fraction of sp³-hybridized carbons (Fsp3) is 0.727. The largest absolute Gasteiger partial charge is 0.379 e. The molecule has 0 saturated heterocycles. The third kappa shape index (κ3) is 5.08. The van der Waals surface area contributed by atoms with E-state index in [2.05, 4.69) is 15.7 Å². The van der Waals surface area contributed by atoms with Crippen molar-refractivity contribution in [3.05, 3.63) is 17.5 Å². The van der Waals surface area contributed by atoms with Crippen LogP contribution in [0.15, 0.2) is 6.07 Å². The van der Waals surface area contributed by atoms with E-state index in [-0.39, 0.29) is 42.1 Å². The zero-order chi connectivity index (χ0) is 22.6. The normalized spacial score (nSPS) is 21.5. The van der Waals surface area contributed by atoms with Crippen molar-refractivity contribution in [3.8, 4) is 0 Å². The molecule has 1 aromatic heterocycles. The maximum absolute atomic E-state index is 13.2. The van der Waals surface area contributed by atoms with Gasteiger partial charge in [-0.05, 0) is 47.0 Å². The van der Waals surface area contributed by atoms with Crippen molar-refractivity contribution in [2.45, 2.75) is 84.0 Å². The smallest absolute Gasteiger partial charge is 0.273 e. The van der Waals surface area contributed by atoms with Crippen molar-refractivity contribution in [1.82, 2.24) is 25.3 Å². The van der Waals surface area contributed by atoms with Crippen LogP contribution < -0.4 is 10.6 Å². The molecule has 3 rings (SSSR count). The molecule has 0 unspecified atom stereocenters. The fourth-order valence-electron chi connectivity index (χ4n) is 4.34. The highest BCUT2D eigenvalue weighted by Gasteiger charge is 2.48. The molecule has 1 aliphatic heterocycles. The van der Waals surface area contributed by atoms with Crippen LogP contribution in [-0.4, -0.2) is 69.8 Å². The van der Waals surface area contributed by atoms with E-state index in [1.165, 1.54) is 10.7 Å². The predicted octanol–water partition coefficient (Wildman–Crippen LogP) is 1.72. The van der Waals surface area contributed by atoms with Gasteiger partial charge in [-0.25, -0.2) is 0 Å². The van der Waals surface area contributed by atoms with E-state index in [1.54, 1.807) is 11.8 Å². The number of carbonyl (C=O) groups is 3. The lowest BCUT2D eigenvalue weighted by Crippen LogP contribution is -2.64. The second kappa shape index (κ2) is 9.80. The van der Waals surface area contributed by atoms with E-state index in [0.717, 1.165) is 25.7 Å². The lowest BCUT2D eigenvalue weighted by atomic mass is 9.94. The zero-order valence-corrected chi connectivity index (χ0v) is 19.1. The van der Waals surface area contributed by atoms with E-state index in [9.17, 15) is 14.4 Å². The molecular weight excluding hydrogens is 398 g/mol. The van der Waals surface area contributed by atoms with Gasteiger partial charge in [0.15, 0.2) is 5.69 Å². The minimum absolute atomic E-state index is 0.156. The highest BCUT2D eigenvalue weighted by atomic mass is 16.5. The van der Waals surface area contributed by atoms with Crippen LogP contribution in [0.5, 0.6) is 0 Å². The average Bonchev–Trinajstić information content (AvgIpc) is 3.37. The molecule has 1 aromatic rings. The van der Waals surface area contributed by atoms with Gasteiger partial charge >= 0.3 is 0 Å². The lowest BCUT2D eigenvalue weighted by molar-refractivity contribution is -0.133. The van der Waals surface area contributed by atoms with Gasteiger partial charge in [-0.1, -0.05) is 12.8 Å². The Hall–Kier alpha value is -2.42. The molecule has 2 N–H and O–H groups in total. The Morgan fingerprint density at radius 1 is 1.32 bits per heavy atom. The van der Waals surface area contributed by atoms with E-state index in [0.29, 0.717) is 31.8 Å². The summed E-state index contributed by atoms with van der Waals surface area (Å²) in [5.41, 5.74) is -0.527. The molecule has 31 heavy (non-hydrogen) atoms. The van der Waals surface area contributed by atoms with Crippen LogP contribution in [0.1, 0.15) is 80.8 Å². The van der Waals surface area contributed by atoms with Gasteiger partial charge in [0.1, 0.15) is 11.2 Å². The van der Waals surface area contributed by atoms with Gasteiger partial charge < -0.3 is 20.3 Å². The highest BCUT2D eigenvalue weighted by Crippen LogP contribution is 2.28. The van der Waals surface area contributed by atoms with Gasteiger partial charge in [0.2, 0.25) is 5.91 Å². The first-order chi connectivity index (χ1) is 14.8. The molecule has 0 radical (unpaired) electrons. The molecule has 1 aliphatic carbocycles. The third-order valence-electron chi connectivity index (χ3n) is 6.08. The van der Waals surface area contributed by atoms with Crippen LogP contribution in [0.25, 0.3) is 0 Å². The molecule has 0 spiro atoms. The molecule has 0 bridgehead atoms. The average molecular weight is 434 g/mol. The fourth-order valence-corrected chi connectivity index (χ4v) is 4.34. The number of likely N-dealkylation sites (N-methyl/N-ethyl adjacent to an activating group) is 1. The standard InChI is InChI=1S/C22H35N5O4/c1-5-26-20(29)18-13-17(19(28)23-11-8-12-31-15(2)3)25-27(18)14-22(26,4)21(30)24-16-9-6-7-10-16/h13,15-16H,5-12,14H2,1-4H3,(H,23,28)(H,24,30)/t22-/m1/s1. The Morgan fingerprint density at radius 2 is 2.03 bits per heavy atom. The molecule has 1 atom stereocenters. The second-order valence-corrected chi connectivity index (χ2v) is 8.88. The van der Waals surface area contributed by atoms with Crippen LogP contribution in [0.4, 0.5) is 0 Å². The zero-order valence-electron chi connectivity index (χ0n) is 19.1. The van der Waals surface area contributed by atoms with Gasteiger partial charge in [-0.15, -0.1) is 0 Å². The Labute approximate surface area is 183 Å². The number of nitrogens with zero attached hydrogens (tertiary/aromatic N) is 3. The summed E-state index contributed by atoms with van der Waals surface area (Å²) in [6.45, 7) is 9.21. The van der Waals surface area contributed by atoms with Crippen LogP contribution >= 0.6 is 0 Å². The first kappa shape index (κ1) is 23.2. The van der Waals surface area contributed by atoms with Gasteiger partial charge in [-0.3, -0.25) is 19.1 Å². The highest BCUT2D eigenvalue weighted by molar-refractivity contribution is 6.01. The van der Waals surface area contributed by atoms with Gasteiger partial charge in [0.25, 0.3) is 11.8 Å². The van der Waals surface area contributed by atoms with Crippen molar-refractivity contribution >= 4 is 17.7 Å². The van der Waals surface area contributed by atoms with Crippen molar-refractivity contribution in [2.24, 2.45) is 0 Å². The number of hydrogen-bond donors (Lipinski definition) is 2. The molecule has 1 fully saturated rings. The van der Waals surface area contributed by atoms with Gasteiger partial charge in [-0.2, -0.15) is 5.10 Å². The number of amides is 3. The van der Waals surface area contributed by atoms with Crippen molar-refractivity contribution < 1.29 is 19.1 Å². The maximum Gasteiger partial charge on any atom is 0.273 e. The Morgan fingerprint density at radius 3 is 2.68 bits per heavy atom. The second-order valence-electron chi connectivity index (χ2n) is 8.88. The third-order valence-corrected chi connectivity index (χ3v) is 6.08. The first-order valence-corrected chi connectivity index (χ1v) is 11.4. The number of fused-ring (bicyclic) bond motifs is 1. The summed E-state index contributed by atoms with van der Waals surface area (Å²) in [5.74, 6) is -0.777. The molecule has 3 amide bonds. The van der Waals surface area contributed by atoms with Crippen molar-refractivity contribution in [2.75, 3.05) is 19.7 Å².